The van der Waals surface area contributed by atoms with Gasteiger partial charge in [-0.25, -0.2) is 9.97 Å². The molecule has 0 N–H and O–H groups in total. The average Bonchev–Trinajstić information content (AvgIpc) is 2.30. The molecular weight excluding hydrogens is 188 g/mol. The largest absolute Gasteiger partial charge is 0.338 e. The van der Waals surface area contributed by atoms with Crippen LogP contribution in [0.4, 0.5) is 5.95 Å². The second kappa shape index (κ2) is 5.30. The van der Waals surface area contributed by atoms with E-state index < -0.39 is 0 Å². The minimum absolute atomic E-state index is 0.393. The third-order valence-corrected chi connectivity index (χ3v) is 2.48. The molecule has 1 atom stereocenters. The number of aromatic nitrogens is 2. The molecule has 0 aliphatic carbocycles. The Kier molecular flexibility index (Phi) is 4.04. The zero-order valence-electron chi connectivity index (χ0n) is 9.44. The monoisotopic (exact) mass is 204 g/mol. The number of nitriles is 1. The van der Waals surface area contributed by atoms with Crippen molar-refractivity contribution in [3.63, 3.8) is 0 Å². The molecule has 1 rings (SSSR count). The van der Waals surface area contributed by atoms with Gasteiger partial charge >= 0.3 is 0 Å². The number of anilines is 1. The Morgan fingerprint density at radius 3 is 2.80 bits per heavy atom. The molecule has 1 aromatic rings. The van der Waals surface area contributed by atoms with Gasteiger partial charge in [0.05, 0.1) is 0 Å². The lowest BCUT2D eigenvalue weighted by Crippen LogP contribution is -2.33. The first-order valence-corrected chi connectivity index (χ1v) is 5.22. The van der Waals surface area contributed by atoms with Crippen LogP contribution in [0, 0.1) is 11.3 Å². The van der Waals surface area contributed by atoms with Crippen molar-refractivity contribution in [3.05, 3.63) is 18.0 Å². The average molecular weight is 204 g/mol. The molecule has 80 valence electrons. The Hall–Kier alpha value is -1.63. The Morgan fingerprint density at radius 2 is 2.27 bits per heavy atom. The van der Waals surface area contributed by atoms with Crippen LogP contribution in [0.1, 0.15) is 32.9 Å². The van der Waals surface area contributed by atoms with Crippen molar-refractivity contribution in [2.24, 2.45) is 0 Å². The maximum Gasteiger partial charge on any atom is 0.226 e. The molecule has 15 heavy (non-hydrogen) atoms. The molecule has 0 aliphatic heterocycles. The Balaban J connectivity index is 2.97. The van der Waals surface area contributed by atoms with Gasteiger partial charge in [-0.1, -0.05) is 6.92 Å². The third kappa shape index (κ3) is 2.66. The van der Waals surface area contributed by atoms with Crippen molar-refractivity contribution in [3.8, 4) is 6.07 Å². The fraction of sp³-hybridized carbons (Fsp3) is 0.545. The summed E-state index contributed by atoms with van der Waals surface area (Å²) < 4.78 is 0. The second-order valence-electron chi connectivity index (χ2n) is 3.40. The van der Waals surface area contributed by atoms with E-state index in [0.717, 1.165) is 13.0 Å². The van der Waals surface area contributed by atoms with Crippen molar-refractivity contribution in [1.82, 2.24) is 9.97 Å². The Morgan fingerprint density at radius 1 is 1.53 bits per heavy atom. The number of nitrogens with zero attached hydrogens (tertiary/aromatic N) is 4. The Labute approximate surface area is 90.6 Å². The zero-order chi connectivity index (χ0) is 11.3. The van der Waals surface area contributed by atoms with Crippen molar-refractivity contribution in [2.75, 3.05) is 11.4 Å². The molecule has 1 unspecified atom stereocenters. The SMILES string of the molecule is CCC(C)N(CC)c1nccc(C#N)n1. The molecule has 0 aromatic carbocycles. The first kappa shape index (κ1) is 11.4. The van der Waals surface area contributed by atoms with Crippen molar-refractivity contribution < 1.29 is 0 Å². The summed E-state index contributed by atoms with van der Waals surface area (Å²) in [5.74, 6) is 0.644. The molecule has 0 radical (unpaired) electrons. The van der Waals surface area contributed by atoms with Crippen LogP contribution in [-0.4, -0.2) is 22.6 Å². The standard InChI is InChI=1S/C11H16N4/c1-4-9(3)15(5-2)11-13-7-6-10(8-12)14-11/h6-7,9H,4-5H2,1-3H3. The molecule has 0 spiro atoms. The van der Waals surface area contributed by atoms with E-state index in [0.29, 0.717) is 17.7 Å². The summed E-state index contributed by atoms with van der Waals surface area (Å²) >= 11 is 0. The topological polar surface area (TPSA) is 52.8 Å². The highest BCUT2D eigenvalue weighted by molar-refractivity contribution is 5.34. The highest BCUT2D eigenvalue weighted by atomic mass is 15.3. The van der Waals surface area contributed by atoms with E-state index in [1.807, 2.05) is 6.07 Å². The highest BCUT2D eigenvalue weighted by Gasteiger charge is 2.13. The van der Waals surface area contributed by atoms with E-state index in [9.17, 15) is 0 Å². The lowest BCUT2D eigenvalue weighted by atomic mass is 10.2. The molecular formula is C11H16N4. The number of hydrogen-bond donors (Lipinski definition) is 0. The van der Waals surface area contributed by atoms with Crippen LogP contribution < -0.4 is 4.90 Å². The van der Waals surface area contributed by atoms with Crippen molar-refractivity contribution in [1.29, 1.82) is 5.26 Å². The van der Waals surface area contributed by atoms with Gasteiger partial charge in [-0.15, -0.1) is 0 Å². The fourth-order valence-corrected chi connectivity index (χ4v) is 1.42. The smallest absolute Gasteiger partial charge is 0.226 e. The van der Waals surface area contributed by atoms with Gasteiger partial charge < -0.3 is 4.90 Å². The van der Waals surface area contributed by atoms with Gasteiger partial charge in [-0.05, 0) is 26.3 Å². The molecule has 0 amide bonds. The van der Waals surface area contributed by atoms with Crippen LogP contribution in [0.25, 0.3) is 0 Å². The Bertz CT molecular complexity index is 356. The lowest BCUT2D eigenvalue weighted by Gasteiger charge is -2.26. The minimum atomic E-state index is 0.393. The number of rotatable bonds is 4. The van der Waals surface area contributed by atoms with Gasteiger partial charge in [0.2, 0.25) is 5.95 Å². The maximum absolute atomic E-state index is 8.75. The molecule has 1 aromatic heterocycles. The molecule has 1 heterocycles. The van der Waals surface area contributed by atoms with Gasteiger partial charge in [0, 0.05) is 18.8 Å². The van der Waals surface area contributed by atoms with Crippen LogP contribution >= 0.6 is 0 Å². The summed E-state index contributed by atoms with van der Waals surface area (Å²) in [6.07, 6.45) is 2.67. The summed E-state index contributed by atoms with van der Waals surface area (Å²) in [5.41, 5.74) is 0.418. The van der Waals surface area contributed by atoms with Crippen LogP contribution in [0.3, 0.4) is 0 Å². The molecule has 0 aliphatic rings. The van der Waals surface area contributed by atoms with Gasteiger partial charge in [0.1, 0.15) is 11.8 Å². The van der Waals surface area contributed by atoms with E-state index >= 15 is 0 Å². The fourth-order valence-electron chi connectivity index (χ4n) is 1.42. The number of hydrogen-bond acceptors (Lipinski definition) is 4. The van der Waals surface area contributed by atoms with E-state index in [2.05, 4.69) is 35.6 Å². The lowest BCUT2D eigenvalue weighted by molar-refractivity contribution is 0.614. The van der Waals surface area contributed by atoms with Crippen molar-refractivity contribution in [2.45, 2.75) is 33.2 Å². The van der Waals surface area contributed by atoms with E-state index in [1.165, 1.54) is 0 Å². The third-order valence-electron chi connectivity index (χ3n) is 2.48. The summed E-state index contributed by atoms with van der Waals surface area (Å²) in [6, 6.07) is 4.04. The highest BCUT2D eigenvalue weighted by Crippen LogP contribution is 2.12. The maximum atomic E-state index is 8.75. The van der Waals surface area contributed by atoms with Gasteiger partial charge in [0.25, 0.3) is 0 Å². The van der Waals surface area contributed by atoms with Crippen molar-refractivity contribution >= 4 is 5.95 Å². The molecule has 4 nitrogen and oxygen atoms in total. The van der Waals surface area contributed by atoms with Crippen LogP contribution in [-0.2, 0) is 0 Å². The molecule has 4 heteroatoms. The van der Waals surface area contributed by atoms with Crippen LogP contribution in [0.5, 0.6) is 0 Å². The predicted molar refractivity (Wildman–Crippen MR) is 59.5 cm³/mol. The van der Waals surface area contributed by atoms with Crippen LogP contribution in [0.2, 0.25) is 0 Å². The minimum Gasteiger partial charge on any atom is -0.338 e. The molecule has 0 saturated carbocycles. The normalized spacial score (nSPS) is 11.9. The first-order valence-electron chi connectivity index (χ1n) is 5.22. The predicted octanol–water partition coefficient (Wildman–Crippen LogP) is 1.97. The van der Waals surface area contributed by atoms with E-state index in [-0.39, 0.29) is 0 Å². The van der Waals surface area contributed by atoms with E-state index in [1.54, 1.807) is 12.3 Å². The molecule has 0 fully saturated rings. The van der Waals surface area contributed by atoms with Crippen LogP contribution in [0.15, 0.2) is 12.3 Å². The van der Waals surface area contributed by atoms with Gasteiger partial charge in [-0.2, -0.15) is 5.26 Å². The van der Waals surface area contributed by atoms with Gasteiger partial charge in [0.15, 0.2) is 0 Å². The summed E-state index contributed by atoms with van der Waals surface area (Å²) in [5, 5.41) is 8.75. The zero-order valence-corrected chi connectivity index (χ0v) is 9.44. The van der Waals surface area contributed by atoms with Gasteiger partial charge in [-0.3, -0.25) is 0 Å². The molecule has 0 saturated heterocycles. The summed E-state index contributed by atoms with van der Waals surface area (Å²) in [7, 11) is 0. The quantitative estimate of drug-likeness (QED) is 0.752. The second-order valence-corrected chi connectivity index (χ2v) is 3.40. The summed E-state index contributed by atoms with van der Waals surface area (Å²) in [4.78, 5) is 10.5. The summed E-state index contributed by atoms with van der Waals surface area (Å²) in [6.45, 7) is 7.17. The van der Waals surface area contributed by atoms with E-state index in [4.69, 9.17) is 5.26 Å². The first-order chi connectivity index (χ1) is 7.22. The molecule has 0 bridgehead atoms.